The molecule has 1 aliphatic carbocycles. The van der Waals surface area contributed by atoms with E-state index in [0.29, 0.717) is 6.04 Å². The van der Waals surface area contributed by atoms with Crippen molar-refractivity contribution < 1.29 is 5.11 Å². The Balaban J connectivity index is 1.85. The normalized spacial score (nSPS) is 25.8. The lowest BCUT2D eigenvalue weighted by Gasteiger charge is -2.26. The van der Waals surface area contributed by atoms with Gasteiger partial charge in [-0.3, -0.25) is 0 Å². The molecule has 106 valence electrons. The van der Waals surface area contributed by atoms with Gasteiger partial charge in [-0.15, -0.1) is 0 Å². The minimum absolute atomic E-state index is 0.185. The molecular formula is C16H24ClNO. The SMILES string of the molecule is CC(Cc1ccc(Cl)cc1)NC1CCCCCC1O. The fourth-order valence-corrected chi connectivity index (χ4v) is 3.01. The van der Waals surface area contributed by atoms with Gasteiger partial charge in [0.2, 0.25) is 0 Å². The Bertz CT molecular complexity index is 379. The van der Waals surface area contributed by atoms with E-state index >= 15 is 0 Å². The Kier molecular flexibility index (Phi) is 5.68. The van der Waals surface area contributed by atoms with E-state index in [-0.39, 0.29) is 12.1 Å². The highest BCUT2D eigenvalue weighted by Gasteiger charge is 2.22. The number of aliphatic hydroxyl groups excluding tert-OH is 1. The highest BCUT2D eigenvalue weighted by Crippen LogP contribution is 2.19. The van der Waals surface area contributed by atoms with Crippen LogP contribution < -0.4 is 5.32 Å². The highest BCUT2D eigenvalue weighted by molar-refractivity contribution is 6.30. The molecule has 19 heavy (non-hydrogen) atoms. The molecule has 0 saturated heterocycles. The van der Waals surface area contributed by atoms with E-state index in [9.17, 15) is 5.11 Å². The van der Waals surface area contributed by atoms with Crippen LogP contribution in [0, 0.1) is 0 Å². The third kappa shape index (κ3) is 4.79. The van der Waals surface area contributed by atoms with Crippen molar-refractivity contribution in [3.05, 3.63) is 34.9 Å². The molecule has 2 N–H and O–H groups in total. The first-order valence-electron chi connectivity index (χ1n) is 7.33. The van der Waals surface area contributed by atoms with E-state index in [4.69, 9.17) is 11.6 Å². The summed E-state index contributed by atoms with van der Waals surface area (Å²) in [6.45, 7) is 2.19. The van der Waals surface area contributed by atoms with Gasteiger partial charge in [-0.25, -0.2) is 0 Å². The molecule has 0 bridgehead atoms. The average molecular weight is 282 g/mol. The number of halogens is 1. The first-order chi connectivity index (χ1) is 9.15. The molecular weight excluding hydrogens is 258 g/mol. The molecule has 0 amide bonds. The smallest absolute Gasteiger partial charge is 0.0693 e. The van der Waals surface area contributed by atoms with Gasteiger partial charge < -0.3 is 10.4 Å². The Morgan fingerprint density at radius 3 is 2.63 bits per heavy atom. The molecule has 1 aliphatic rings. The van der Waals surface area contributed by atoms with Crippen molar-refractivity contribution in [3.63, 3.8) is 0 Å². The van der Waals surface area contributed by atoms with Gasteiger partial charge in [-0.2, -0.15) is 0 Å². The number of rotatable bonds is 4. The lowest BCUT2D eigenvalue weighted by molar-refractivity contribution is 0.114. The van der Waals surface area contributed by atoms with Gasteiger partial charge in [-0.1, -0.05) is 43.0 Å². The van der Waals surface area contributed by atoms with Crippen molar-refractivity contribution in [1.29, 1.82) is 0 Å². The monoisotopic (exact) mass is 281 g/mol. The maximum Gasteiger partial charge on any atom is 0.0693 e. The zero-order chi connectivity index (χ0) is 13.7. The molecule has 0 aliphatic heterocycles. The summed E-state index contributed by atoms with van der Waals surface area (Å²) in [6.07, 6.45) is 6.45. The first kappa shape index (κ1) is 14.8. The fourth-order valence-electron chi connectivity index (χ4n) is 2.88. The number of hydrogen-bond acceptors (Lipinski definition) is 2. The van der Waals surface area contributed by atoms with Gasteiger partial charge in [0.15, 0.2) is 0 Å². The molecule has 1 fully saturated rings. The van der Waals surface area contributed by atoms with Crippen molar-refractivity contribution in [2.45, 2.75) is 63.6 Å². The minimum Gasteiger partial charge on any atom is -0.392 e. The fraction of sp³-hybridized carbons (Fsp3) is 0.625. The molecule has 2 nitrogen and oxygen atoms in total. The number of benzene rings is 1. The zero-order valence-corrected chi connectivity index (χ0v) is 12.4. The van der Waals surface area contributed by atoms with Crippen LogP contribution in [0.25, 0.3) is 0 Å². The maximum absolute atomic E-state index is 10.1. The number of aliphatic hydroxyl groups is 1. The molecule has 3 heteroatoms. The highest BCUT2D eigenvalue weighted by atomic mass is 35.5. The van der Waals surface area contributed by atoms with E-state index < -0.39 is 0 Å². The summed E-state index contributed by atoms with van der Waals surface area (Å²) in [5.74, 6) is 0. The third-order valence-corrected chi connectivity index (χ3v) is 4.19. The van der Waals surface area contributed by atoms with Crippen molar-refractivity contribution in [2.24, 2.45) is 0 Å². The summed E-state index contributed by atoms with van der Waals surface area (Å²) in [6, 6.07) is 8.64. The van der Waals surface area contributed by atoms with Crippen LogP contribution in [0.5, 0.6) is 0 Å². The molecule has 1 saturated carbocycles. The second-order valence-corrected chi connectivity index (χ2v) is 6.15. The van der Waals surface area contributed by atoms with Crippen LogP contribution in [0.2, 0.25) is 5.02 Å². The van der Waals surface area contributed by atoms with Gasteiger partial charge in [-0.05, 0) is 43.9 Å². The molecule has 2 rings (SSSR count). The van der Waals surface area contributed by atoms with Crippen LogP contribution in [0.4, 0.5) is 0 Å². The molecule has 0 aromatic heterocycles. The van der Waals surface area contributed by atoms with Crippen LogP contribution in [-0.2, 0) is 6.42 Å². The largest absolute Gasteiger partial charge is 0.392 e. The topological polar surface area (TPSA) is 32.3 Å². The second-order valence-electron chi connectivity index (χ2n) is 5.71. The molecule has 3 unspecified atom stereocenters. The Labute approximate surface area is 121 Å². The van der Waals surface area contributed by atoms with Gasteiger partial charge in [0, 0.05) is 17.1 Å². The van der Waals surface area contributed by atoms with Gasteiger partial charge in [0.05, 0.1) is 6.10 Å². The van der Waals surface area contributed by atoms with Gasteiger partial charge in [0.25, 0.3) is 0 Å². The Morgan fingerprint density at radius 2 is 1.89 bits per heavy atom. The quantitative estimate of drug-likeness (QED) is 0.827. The molecule has 0 heterocycles. The molecule has 0 spiro atoms. The Morgan fingerprint density at radius 1 is 1.21 bits per heavy atom. The van der Waals surface area contributed by atoms with Crippen LogP contribution >= 0.6 is 11.6 Å². The van der Waals surface area contributed by atoms with Crippen molar-refractivity contribution in [2.75, 3.05) is 0 Å². The van der Waals surface area contributed by atoms with Gasteiger partial charge in [0.1, 0.15) is 0 Å². The predicted octanol–water partition coefficient (Wildman–Crippen LogP) is 3.55. The lowest BCUT2D eigenvalue weighted by atomic mass is 10.0. The second kappa shape index (κ2) is 7.28. The van der Waals surface area contributed by atoms with E-state index in [1.54, 1.807) is 0 Å². The van der Waals surface area contributed by atoms with Crippen LogP contribution in [0.3, 0.4) is 0 Å². The molecule has 1 aromatic rings. The first-order valence-corrected chi connectivity index (χ1v) is 7.71. The van der Waals surface area contributed by atoms with Crippen molar-refractivity contribution >= 4 is 11.6 Å². The van der Waals surface area contributed by atoms with Crippen LogP contribution in [-0.4, -0.2) is 23.3 Å². The number of hydrogen-bond donors (Lipinski definition) is 2. The van der Waals surface area contributed by atoms with Crippen LogP contribution in [0.1, 0.15) is 44.6 Å². The Hall–Kier alpha value is -0.570. The van der Waals surface area contributed by atoms with Crippen molar-refractivity contribution in [3.8, 4) is 0 Å². The van der Waals surface area contributed by atoms with E-state index in [0.717, 1.165) is 30.7 Å². The molecule has 1 aromatic carbocycles. The number of nitrogens with one attached hydrogen (secondary N) is 1. The zero-order valence-electron chi connectivity index (χ0n) is 11.6. The average Bonchev–Trinajstić information content (AvgIpc) is 2.58. The van der Waals surface area contributed by atoms with E-state index in [2.05, 4.69) is 24.4 Å². The minimum atomic E-state index is -0.185. The third-order valence-electron chi connectivity index (χ3n) is 3.93. The summed E-state index contributed by atoms with van der Waals surface area (Å²) in [7, 11) is 0. The van der Waals surface area contributed by atoms with E-state index in [1.165, 1.54) is 18.4 Å². The molecule has 3 atom stereocenters. The maximum atomic E-state index is 10.1. The summed E-state index contributed by atoms with van der Waals surface area (Å²) in [5.41, 5.74) is 1.28. The summed E-state index contributed by atoms with van der Waals surface area (Å²) in [5, 5.41) is 14.5. The predicted molar refractivity (Wildman–Crippen MR) is 80.6 cm³/mol. The van der Waals surface area contributed by atoms with E-state index in [1.807, 2.05) is 12.1 Å². The lowest BCUT2D eigenvalue weighted by Crippen LogP contribution is -2.44. The molecule has 0 radical (unpaired) electrons. The summed E-state index contributed by atoms with van der Waals surface area (Å²) >= 11 is 5.89. The summed E-state index contributed by atoms with van der Waals surface area (Å²) in [4.78, 5) is 0. The van der Waals surface area contributed by atoms with Gasteiger partial charge >= 0.3 is 0 Å². The van der Waals surface area contributed by atoms with Crippen molar-refractivity contribution in [1.82, 2.24) is 5.32 Å². The van der Waals surface area contributed by atoms with Crippen LogP contribution in [0.15, 0.2) is 24.3 Å². The standard InChI is InChI=1S/C16H24ClNO/c1-12(11-13-7-9-14(17)10-8-13)18-15-5-3-2-4-6-16(15)19/h7-10,12,15-16,18-19H,2-6,11H2,1H3. The summed E-state index contributed by atoms with van der Waals surface area (Å²) < 4.78 is 0.